The molecule has 92 valence electrons. The molecule has 0 aromatic carbocycles. The maximum Gasteiger partial charge on any atom is 0.0223 e. The fraction of sp³-hybridized carbons (Fsp3) is 1.00. The van der Waals surface area contributed by atoms with Crippen LogP contribution in [0, 0.1) is 5.92 Å². The lowest BCUT2D eigenvalue weighted by Gasteiger charge is -2.23. The van der Waals surface area contributed by atoms with Gasteiger partial charge in [0, 0.05) is 5.88 Å². The van der Waals surface area contributed by atoms with Gasteiger partial charge in [-0.05, 0) is 51.2 Å². The standard InChI is InChI=1S/C13H28ClN/c1-4-10-15(11-7-6-9-14)12-8-13(3)5-2/h13H,4-12H2,1-3H3. The van der Waals surface area contributed by atoms with E-state index in [4.69, 9.17) is 11.6 Å². The Balaban J connectivity index is 3.62. The lowest BCUT2D eigenvalue weighted by Crippen LogP contribution is -2.28. The van der Waals surface area contributed by atoms with Gasteiger partial charge in [0.05, 0.1) is 0 Å². The molecule has 0 aromatic rings. The molecular weight excluding hydrogens is 206 g/mol. The van der Waals surface area contributed by atoms with Gasteiger partial charge in [0.2, 0.25) is 0 Å². The molecule has 1 atom stereocenters. The quantitative estimate of drug-likeness (QED) is 0.405. The second kappa shape index (κ2) is 10.8. The van der Waals surface area contributed by atoms with Crippen LogP contribution in [0.5, 0.6) is 0 Å². The highest BCUT2D eigenvalue weighted by molar-refractivity contribution is 6.17. The van der Waals surface area contributed by atoms with Crippen LogP contribution in [-0.4, -0.2) is 30.4 Å². The van der Waals surface area contributed by atoms with Gasteiger partial charge in [-0.25, -0.2) is 0 Å². The van der Waals surface area contributed by atoms with Crippen LogP contribution in [-0.2, 0) is 0 Å². The van der Waals surface area contributed by atoms with Crippen LogP contribution in [0.25, 0.3) is 0 Å². The SMILES string of the molecule is CCCN(CCCCCl)CCC(C)CC. The van der Waals surface area contributed by atoms with E-state index < -0.39 is 0 Å². The van der Waals surface area contributed by atoms with Gasteiger partial charge >= 0.3 is 0 Å². The maximum atomic E-state index is 5.69. The van der Waals surface area contributed by atoms with Gasteiger partial charge < -0.3 is 4.90 Å². The van der Waals surface area contributed by atoms with Gasteiger partial charge in [-0.3, -0.25) is 0 Å². The van der Waals surface area contributed by atoms with Crippen molar-refractivity contribution in [2.24, 2.45) is 5.92 Å². The van der Waals surface area contributed by atoms with E-state index in [0.29, 0.717) is 0 Å². The molecule has 0 spiro atoms. The Morgan fingerprint density at radius 2 is 1.80 bits per heavy atom. The second-order valence-corrected chi connectivity index (χ2v) is 4.92. The second-order valence-electron chi connectivity index (χ2n) is 4.54. The molecule has 0 bridgehead atoms. The van der Waals surface area contributed by atoms with Crippen LogP contribution in [0.15, 0.2) is 0 Å². The average molecular weight is 234 g/mol. The fourth-order valence-corrected chi connectivity index (χ4v) is 1.88. The molecule has 0 heterocycles. The molecule has 0 saturated heterocycles. The summed E-state index contributed by atoms with van der Waals surface area (Å²) in [6.45, 7) is 10.6. The van der Waals surface area contributed by atoms with Crippen LogP contribution in [0.1, 0.15) is 52.9 Å². The highest BCUT2D eigenvalue weighted by Crippen LogP contribution is 2.08. The monoisotopic (exact) mass is 233 g/mol. The smallest absolute Gasteiger partial charge is 0.0223 e. The Morgan fingerprint density at radius 1 is 1.07 bits per heavy atom. The van der Waals surface area contributed by atoms with Gasteiger partial charge in [-0.2, -0.15) is 0 Å². The van der Waals surface area contributed by atoms with Crippen molar-refractivity contribution in [2.75, 3.05) is 25.5 Å². The molecule has 0 aliphatic heterocycles. The molecule has 1 nitrogen and oxygen atoms in total. The first-order chi connectivity index (χ1) is 7.24. The van der Waals surface area contributed by atoms with E-state index in [1.54, 1.807) is 0 Å². The molecule has 0 aromatic heterocycles. The van der Waals surface area contributed by atoms with Crippen molar-refractivity contribution < 1.29 is 0 Å². The number of rotatable bonds is 10. The number of hydrogen-bond acceptors (Lipinski definition) is 1. The highest BCUT2D eigenvalue weighted by Gasteiger charge is 2.05. The predicted octanol–water partition coefficient (Wildman–Crippen LogP) is 4.15. The molecule has 0 amide bonds. The van der Waals surface area contributed by atoms with E-state index in [-0.39, 0.29) is 0 Å². The van der Waals surface area contributed by atoms with Crippen LogP contribution < -0.4 is 0 Å². The minimum Gasteiger partial charge on any atom is -0.303 e. The summed E-state index contributed by atoms with van der Waals surface area (Å²) >= 11 is 5.69. The Bertz CT molecular complexity index is 128. The summed E-state index contributed by atoms with van der Waals surface area (Å²) in [4.78, 5) is 2.60. The first-order valence-electron chi connectivity index (χ1n) is 6.52. The topological polar surface area (TPSA) is 3.24 Å². The molecule has 0 rings (SSSR count). The van der Waals surface area contributed by atoms with Crippen molar-refractivity contribution in [2.45, 2.75) is 52.9 Å². The summed E-state index contributed by atoms with van der Waals surface area (Å²) in [7, 11) is 0. The summed E-state index contributed by atoms with van der Waals surface area (Å²) in [5.74, 6) is 1.68. The lowest BCUT2D eigenvalue weighted by molar-refractivity contribution is 0.250. The number of nitrogens with zero attached hydrogens (tertiary/aromatic N) is 1. The maximum absolute atomic E-state index is 5.69. The van der Waals surface area contributed by atoms with E-state index in [1.165, 1.54) is 45.3 Å². The summed E-state index contributed by atoms with van der Waals surface area (Å²) in [5, 5.41) is 0. The molecule has 0 saturated carbocycles. The normalized spacial score (nSPS) is 13.4. The molecule has 0 aliphatic carbocycles. The first kappa shape index (κ1) is 15.2. The first-order valence-corrected chi connectivity index (χ1v) is 7.06. The molecule has 2 heteroatoms. The number of unbranched alkanes of at least 4 members (excludes halogenated alkanes) is 1. The van der Waals surface area contributed by atoms with E-state index in [0.717, 1.165) is 18.2 Å². The zero-order chi connectivity index (χ0) is 11.5. The van der Waals surface area contributed by atoms with Gasteiger partial charge in [0.25, 0.3) is 0 Å². The summed E-state index contributed by atoms with van der Waals surface area (Å²) < 4.78 is 0. The van der Waals surface area contributed by atoms with Gasteiger partial charge in [-0.15, -0.1) is 11.6 Å². The van der Waals surface area contributed by atoms with Crippen LogP contribution in [0.2, 0.25) is 0 Å². The van der Waals surface area contributed by atoms with Gasteiger partial charge in [0.15, 0.2) is 0 Å². The van der Waals surface area contributed by atoms with Crippen LogP contribution >= 0.6 is 11.6 Å². The van der Waals surface area contributed by atoms with Crippen molar-refractivity contribution in [3.8, 4) is 0 Å². The zero-order valence-electron chi connectivity index (χ0n) is 10.8. The van der Waals surface area contributed by atoms with Crippen molar-refractivity contribution >= 4 is 11.6 Å². The molecule has 0 aliphatic rings. The van der Waals surface area contributed by atoms with E-state index in [9.17, 15) is 0 Å². The van der Waals surface area contributed by atoms with Crippen molar-refractivity contribution in [1.82, 2.24) is 4.90 Å². The minimum absolute atomic E-state index is 0.811. The Hall–Kier alpha value is 0.250. The number of alkyl halides is 1. The lowest BCUT2D eigenvalue weighted by atomic mass is 10.0. The summed E-state index contributed by atoms with van der Waals surface area (Å²) in [6, 6.07) is 0. The zero-order valence-corrected chi connectivity index (χ0v) is 11.5. The van der Waals surface area contributed by atoms with Crippen molar-refractivity contribution in [3.63, 3.8) is 0 Å². The molecule has 0 fully saturated rings. The van der Waals surface area contributed by atoms with E-state index in [2.05, 4.69) is 25.7 Å². The summed E-state index contributed by atoms with van der Waals surface area (Å²) in [5.41, 5.74) is 0. The van der Waals surface area contributed by atoms with E-state index >= 15 is 0 Å². The molecule has 15 heavy (non-hydrogen) atoms. The van der Waals surface area contributed by atoms with Gasteiger partial charge in [0.1, 0.15) is 0 Å². The van der Waals surface area contributed by atoms with Crippen molar-refractivity contribution in [1.29, 1.82) is 0 Å². The highest BCUT2D eigenvalue weighted by atomic mass is 35.5. The molecule has 0 radical (unpaired) electrons. The number of halogens is 1. The Morgan fingerprint density at radius 3 is 2.33 bits per heavy atom. The largest absolute Gasteiger partial charge is 0.303 e. The fourth-order valence-electron chi connectivity index (χ4n) is 1.69. The number of hydrogen-bond donors (Lipinski definition) is 0. The van der Waals surface area contributed by atoms with Crippen LogP contribution in [0.4, 0.5) is 0 Å². The molecule has 0 N–H and O–H groups in total. The Kier molecular flexibility index (Phi) is 10.9. The summed E-state index contributed by atoms with van der Waals surface area (Å²) in [6.07, 6.45) is 6.33. The third-order valence-electron chi connectivity index (χ3n) is 3.03. The molecular formula is C13H28ClN. The van der Waals surface area contributed by atoms with E-state index in [1.807, 2.05) is 0 Å². The van der Waals surface area contributed by atoms with Crippen LogP contribution in [0.3, 0.4) is 0 Å². The predicted molar refractivity (Wildman–Crippen MR) is 70.8 cm³/mol. The third-order valence-corrected chi connectivity index (χ3v) is 3.30. The van der Waals surface area contributed by atoms with Crippen molar-refractivity contribution in [3.05, 3.63) is 0 Å². The average Bonchev–Trinajstić information content (AvgIpc) is 2.25. The third kappa shape index (κ3) is 9.19. The van der Waals surface area contributed by atoms with Gasteiger partial charge in [-0.1, -0.05) is 27.2 Å². The Labute approximate surface area is 101 Å². The minimum atomic E-state index is 0.811. The molecule has 1 unspecified atom stereocenters.